The van der Waals surface area contributed by atoms with Crippen molar-refractivity contribution in [2.45, 2.75) is 31.8 Å². The summed E-state index contributed by atoms with van der Waals surface area (Å²) in [5, 5.41) is 8.95. The highest BCUT2D eigenvalue weighted by molar-refractivity contribution is 5.81. The Morgan fingerprint density at radius 1 is 1.25 bits per heavy atom. The summed E-state index contributed by atoms with van der Waals surface area (Å²) >= 11 is 0. The van der Waals surface area contributed by atoms with Gasteiger partial charge in [-0.25, -0.2) is 4.79 Å². The maximum Gasteiger partial charge on any atom is 0.323 e. The number of hydrogen-bond acceptors (Lipinski definition) is 2. The first-order valence-electron chi connectivity index (χ1n) is 6.99. The summed E-state index contributed by atoms with van der Waals surface area (Å²) < 4.78 is 0. The molecule has 1 saturated carbocycles. The van der Waals surface area contributed by atoms with Gasteiger partial charge in [-0.05, 0) is 30.4 Å². The predicted molar refractivity (Wildman–Crippen MR) is 73.3 cm³/mol. The van der Waals surface area contributed by atoms with Crippen LogP contribution < -0.4 is 0 Å². The van der Waals surface area contributed by atoms with Crippen molar-refractivity contribution in [3.8, 4) is 0 Å². The van der Waals surface area contributed by atoms with Gasteiger partial charge in [0.05, 0.1) is 0 Å². The number of carboxylic acid groups (broad SMARTS) is 1. The maximum absolute atomic E-state index is 12.5. The number of carbonyl (C=O) groups excluding carboxylic acids is 1. The first-order chi connectivity index (χ1) is 9.65. The van der Waals surface area contributed by atoms with E-state index >= 15 is 0 Å². The standard InChI is InChI=1S/C15H18N2O3/c18-14(19)10-17(13-5-6-13)15(20)16-8-7-11-3-1-2-4-12(11)9-16/h1-4,13H,5-10H2,(H,18,19). The molecule has 0 bridgehead atoms. The van der Waals surface area contributed by atoms with Crippen LogP contribution in [0, 0.1) is 0 Å². The predicted octanol–water partition coefficient (Wildman–Crippen LogP) is 1.71. The molecule has 0 spiro atoms. The Morgan fingerprint density at radius 3 is 2.60 bits per heavy atom. The first-order valence-corrected chi connectivity index (χ1v) is 6.99. The molecule has 0 saturated heterocycles. The molecule has 106 valence electrons. The number of urea groups is 1. The maximum atomic E-state index is 12.5. The molecule has 1 fully saturated rings. The highest BCUT2D eigenvalue weighted by Crippen LogP contribution is 2.29. The zero-order valence-electron chi connectivity index (χ0n) is 11.3. The monoisotopic (exact) mass is 274 g/mol. The normalized spacial score (nSPS) is 17.5. The quantitative estimate of drug-likeness (QED) is 0.912. The van der Waals surface area contributed by atoms with Crippen molar-refractivity contribution in [3.05, 3.63) is 35.4 Å². The molecule has 2 amide bonds. The Morgan fingerprint density at radius 2 is 1.95 bits per heavy atom. The van der Waals surface area contributed by atoms with Gasteiger partial charge in [-0.1, -0.05) is 24.3 Å². The Balaban J connectivity index is 1.72. The molecule has 20 heavy (non-hydrogen) atoms. The van der Waals surface area contributed by atoms with Gasteiger partial charge in [0.25, 0.3) is 0 Å². The van der Waals surface area contributed by atoms with Crippen molar-refractivity contribution in [2.24, 2.45) is 0 Å². The van der Waals surface area contributed by atoms with E-state index in [1.807, 2.05) is 18.2 Å². The molecule has 0 atom stereocenters. The lowest BCUT2D eigenvalue weighted by molar-refractivity contribution is -0.137. The lowest BCUT2D eigenvalue weighted by Crippen LogP contribution is -2.48. The third-order valence-electron chi connectivity index (χ3n) is 3.94. The van der Waals surface area contributed by atoms with Gasteiger partial charge >= 0.3 is 12.0 Å². The zero-order valence-corrected chi connectivity index (χ0v) is 11.3. The molecule has 1 N–H and O–H groups in total. The summed E-state index contributed by atoms with van der Waals surface area (Å²) in [4.78, 5) is 26.7. The third kappa shape index (κ3) is 2.61. The molecule has 1 aromatic carbocycles. The smallest absolute Gasteiger partial charge is 0.323 e. The van der Waals surface area contributed by atoms with E-state index in [2.05, 4.69) is 6.07 Å². The van der Waals surface area contributed by atoms with Gasteiger partial charge in [-0.15, -0.1) is 0 Å². The van der Waals surface area contributed by atoms with Crippen LogP contribution in [0.15, 0.2) is 24.3 Å². The van der Waals surface area contributed by atoms with Crippen LogP contribution in [0.3, 0.4) is 0 Å². The minimum absolute atomic E-state index is 0.121. The first kappa shape index (κ1) is 13.0. The van der Waals surface area contributed by atoms with Gasteiger partial charge in [0.2, 0.25) is 0 Å². The Bertz CT molecular complexity index is 540. The van der Waals surface area contributed by atoms with Gasteiger partial charge in [-0.2, -0.15) is 0 Å². The van der Waals surface area contributed by atoms with Crippen molar-refractivity contribution < 1.29 is 14.7 Å². The van der Waals surface area contributed by atoms with Crippen molar-refractivity contribution in [3.63, 3.8) is 0 Å². The van der Waals surface area contributed by atoms with Crippen LogP contribution in [0.2, 0.25) is 0 Å². The molecule has 5 heteroatoms. The average Bonchev–Trinajstić information content (AvgIpc) is 3.28. The number of hydrogen-bond donors (Lipinski definition) is 1. The molecule has 5 nitrogen and oxygen atoms in total. The lowest BCUT2D eigenvalue weighted by atomic mass is 10.0. The summed E-state index contributed by atoms with van der Waals surface area (Å²) in [6.07, 6.45) is 2.68. The Kier molecular flexibility index (Phi) is 3.34. The van der Waals surface area contributed by atoms with Gasteiger partial charge in [0.15, 0.2) is 0 Å². The summed E-state index contributed by atoms with van der Waals surface area (Å²) in [6, 6.07) is 8.10. The van der Waals surface area contributed by atoms with E-state index in [0.717, 1.165) is 24.8 Å². The van der Waals surface area contributed by atoms with Gasteiger partial charge in [0, 0.05) is 19.1 Å². The molecule has 1 aliphatic heterocycles. The van der Waals surface area contributed by atoms with E-state index < -0.39 is 5.97 Å². The van der Waals surface area contributed by atoms with Crippen LogP contribution in [0.1, 0.15) is 24.0 Å². The summed E-state index contributed by atoms with van der Waals surface area (Å²) in [7, 11) is 0. The van der Waals surface area contributed by atoms with Crippen molar-refractivity contribution in [1.82, 2.24) is 9.80 Å². The number of rotatable bonds is 3. The molecule has 3 rings (SSSR count). The van der Waals surface area contributed by atoms with Crippen LogP contribution >= 0.6 is 0 Å². The van der Waals surface area contributed by atoms with E-state index in [4.69, 9.17) is 5.11 Å². The second-order valence-corrected chi connectivity index (χ2v) is 5.48. The van der Waals surface area contributed by atoms with Crippen LogP contribution in [-0.2, 0) is 17.8 Å². The second-order valence-electron chi connectivity index (χ2n) is 5.48. The summed E-state index contributed by atoms with van der Waals surface area (Å²) in [6.45, 7) is 1.05. The fourth-order valence-electron chi connectivity index (χ4n) is 2.73. The topological polar surface area (TPSA) is 60.9 Å². The molecule has 1 heterocycles. The Labute approximate surface area is 117 Å². The number of aliphatic carboxylic acids is 1. The van der Waals surface area contributed by atoms with Crippen molar-refractivity contribution in [1.29, 1.82) is 0 Å². The highest BCUT2D eigenvalue weighted by atomic mass is 16.4. The Hall–Kier alpha value is -2.04. The molecule has 0 radical (unpaired) electrons. The van der Waals surface area contributed by atoms with E-state index in [0.29, 0.717) is 13.1 Å². The molecule has 0 aromatic heterocycles. The minimum Gasteiger partial charge on any atom is -0.480 e. The van der Waals surface area contributed by atoms with Gasteiger partial charge in [-0.3, -0.25) is 4.79 Å². The van der Waals surface area contributed by atoms with Crippen molar-refractivity contribution >= 4 is 12.0 Å². The second kappa shape index (κ2) is 5.15. The number of carboxylic acids is 1. The minimum atomic E-state index is -0.942. The molecule has 1 aliphatic carbocycles. The van der Waals surface area contributed by atoms with E-state index in [1.54, 1.807) is 4.90 Å². The van der Waals surface area contributed by atoms with E-state index in [1.165, 1.54) is 10.5 Å². The SMILES string of the molecule is O=C(O)CN(C(=O)N1CCc2ccccc2C1)C1CC1. The molecule has 1 aromatic rings. The van der Waals surface area contributed by atoms with Crippen LogP contribution in [0.4, 0.5) is 4.79 Å². The molecular weight excluding hydrogens is 256 g/mol. The van der Waals surface area contributed by atoms with Crippen LogP contribution in [0.5, 0.6) is 0 Å². The van der Waals surface area contributed by atoms with E-state index in [9.17, 15) is 9.59 Å². The third-order valence-corrected chi connectivity index (χ3v) is 3.94. The van der Waals surface area contributed by atoms with Gasteiger partial charge in [0.1, 0.15) is 6.54 Å². The van der Waals surface area contributed by atoms with E-state index in [-0.39, 0.29) is 18.6 Å². The van der Waals surface area contributed by atoms with Gasteiger partial charge < -0.3 is 14.9 Å². The molecular formula is C15H18N2O3. The number of amides is 2. The largest absolute Gasteiger partial charge is 0.480 e. The number of carbonyl (C=O) groups is 2. The molecule has 2 aliphatic rings. The zero-order chi connectivity index (χ0) is 14.1. The number of fused-ring (bicyclic) bond motifs is 1. The number of benzene rings is 1. The lowest BCUT2D eigenvalue weighted by Gasteiger charge is -2.33. The fraction of sp³-hybridized carbons (Fsp3) is 0.467. The van der Waals surface area contributed by atoms with Crippen LogP contribution in [-0.4, -0.2) is 46.0 Å². The number of nitrogens with zero attached hydrogens (tertiary/aromatic N) is 2. The summed E-state index contributed by atoms with van der Waals surface area (Å²) in [5.41, 5.74) is 2.45. The fourth-order valence-corrected chi connectivity index (χ4v) is 2.73. The highest BCUT2D eigenvalue weighted by Gasteiger charge is 2.36. The molecule has 0 unspecified atom stereocenters. The summed E-state index contributed by atoms with van der Waals surface area (Å²) in [5.74, 6) is -0.942. The van der Waals surface area contributed by atoms with Crippen LogP contribution in [0.25, 0.3) is 0 Å². The van der Waals surface area contributed by atoms with Crippen molar-refractivity contribution in [2.75, 3.05) is 13.1 Å². The average molecular weight is 274 g/mol.